The molecule has 0 saturated carbocycles. The van der Waals surface area contributed by atoms with Gasteiger partial charge in [0.15, 0.2) is 0 Å². The smallest absolute Gasteiger partial charge is 0.277 e. The quantitative estimate of drug-likeness (QED) is 0.639. The van der Waals surface area contributed by atoms with Gasteiger partial charge in [-0.05, 0) is 56.5 Å². The van der Waals surface area contributed by atoms with Crippen molar-refractivity contribution in [2.45, 2.75) is 44.7 Å². The Morgan fingerprint density at radius 3 is 2.52 bits per heavy atom. The summed E-state index contributed by atoms with van der Waals surface area (Å²) in [6, 6.07) is 14.1. The summed E-state index contributed by atoms with van der Waals surface area (Å²) in [5.41, 5.74) is 5.54. The van der Waals surface area contributed by atoms with Gasteiger partial charge in [0.05, 0.1) is 5.25 Å². The van der Waals surface area contributed by atoms with Crippen molar-refractivity contribution >= 4 is 17.7 Å². The number of thioether (sulfide) groups is 1. The molecule has 0 aliphatic carbocycles. The molecule has 3 rings (SSSR count). The molecule has 6 heteroatoms. The first-order chi connectivity index (χ1) is 12.9. The SMILES string of the molecule is Cc1ccc(CNC(=O)[C@@H](C)Sc2nnc(-c3ccc(C)c(C)c3)o2)cc1. The van der Waals surface area contributed by atoms with Crippen LogP contribution in [0.3, 0.4) is 0 Å². The van der Waals surface area contributed by atoms with Gasteiger partial charge in [-0.1, -0.05) is 47.7 Å². The normalized spacial score (nSPS) is 12.0. The van der Waals surface area contributed by atoms with Crippen molar-refractivity contribution in [1.29, 1.82) is 0 Å². The number of nitrogens with one attached hydrogen (secondary N) is 1. The van der Waals surface area contributed by atoms with E-state index in [1.54, 1.807) is 0 Å². The van der Waals surface area contributed by atoms with E-state index >= 15 is 0 Å². The zero-order valence-corrected chi connectivity index (χ0v) is 16.8. The summed E-state index contributed by atoms with van der Waals surface area (Å²) in [5, 5.41) is 11.2. The average molecular weight is 382 g/mol. The molecule has 140 valence electrons. The Balaban J connectivity index is 1.58. The molecule has 1 N–H and O–H groups in total. The fourth-order valence-electron chi connectivity index (χ4n) is 2.49. The van der Waals surface area contributed by atoms with E-state index in [-0.39, 0.29) is 11.2 Å². The molecule has 1 amide bonds. The molecule has 0 aliphatic rings. The number of carbonyl (C=O) groups is 1. The van der Waals surface area contributed by atoms with Gasteiger partial charge in [0, 0.05) is 12.1 Å². The second kappa shape index (κ2) is 8.39. The monoisotopic (exact) mass is 381 g/mol. The molecular formula is C21H23N3O2S. The third kappa shape index (κ3) is 4.98. The van der Waals surface area contributed by atoms with Crippen LogP contribution < -0.4 is 5.32 Å². The second-order valence-corrected chi connectivity index (χ2v) is 7.93. The van der Waals surface area contributed by atoms with E-state index in [1.807, 2.05) is 63.2 Å². The van der Waals surface area contributed by atoms with Crippen molar-refractivity contribution in [1.82, 2.24) is 15.5 Å². The highest BCUT2D eigenvalue weighted by Crippen LogP contribution is 2.27. The van der Waals surface area contributed by atoms with Gasteiger partial charge < -0.3 is 9.73 Å². The summed E-state index contributed by atoms with van der Waals surface area (Å²) in [5.74, 6) is 0.402. The van der Waals surface area contributed by atoms with Crippen molar-refractivity contribution in [3.63, 3.8) is 0 Å². The Morgan fingerprint density at radius 2 is 1.81 bits per heavy atom. The van der Waals surface area contributed by atoms with Crippen LogP contribution >= 0.6 is 11.8 Å². The van der Waals surface area contributed by atoms with Gasteiger partial charge in [-0.15, -0.1) is 10.2 Å². The Labute approximate surface area is 163 Å². The highest BCUT2D eigenvalue weighted by atomic mass is 32.2. The molecule has 0 spiro atoms. The van der Waals surface area contributed by atoms with Gasteiger partial charge in [0.2, 0.25) is 11.8 Å². The summed E-state index contributed by atoms with van der Waals surface area (Å²) < 4.78 is 5.72. The maximum absolute atomic E-state index is 12.3. The predicted molar refractivity (Wildman–Crippen MR) is 108 cm³/mol. The summed E-state index contributed by atoms with van der Waals surface area (Å²) in [4.78, 5) is 12.3. The highest BCUT2D eigenvalue weighted by Gasteiger charge is 2.18. The van der Waals surface area contributed by atoms with Gasteiger partial charge in [0.25, 0.3) is 5.22 Å². The third-order valence-corrected chi connectivity index (χ3v) is 5.33. The summed E-state index contributed by atoms with van der Waals surface area (Å²) >= 11 is 1.26. The fraction of sp³-hybridized carbons (Fsp3) is 0.286. The van der Waals surface area contributed by atoms with Crippen LogP contribution in [0, 0.1) is 20.8 Å². The van der Waals surface area contributed by atoms with Crippen molar-refractivity contribution in [3.8, 4) is 11.5 Å². The first-order valence-corrected chi connectivity index (χ1v) is 9.71. The first kappa shape index (κ1) is 19.2. The maximum Gasteiger partial charge on any atom is 0.277 e. The van der Waals surface area contributed by atoms with E-state index in [2.05, 4.69) is 22.4 Å². The molecule has 27 heavy (non-hydrogen) atoms. The number of hydrogen-bond donors (Lipinski definition) is 1. The Bertz CT molecular complexity index is 935. The molecule has 0 fully saturated rings. The lowest BCUT2D eigenvalue weighted by Crippen LogP contribution is -2.30. The van der Waals surface area contributed by atoms with Crippen LogP contribution in [0.1, 0.15) is 29.2 Å². The zero-order chi connectivity index (χ0) is 19.4. The van der Waals surface area contributed by atoms with E-state index < -0.39 is 0 Å². The van der Waals surface area contributed by atoms with E-state index in [0.717, 1.165) is 11.1 Å². The van der Waals surface area contributed by atoms with Crippen molar-refractivity contribution < 1.29 is 9.21 Å². The number of amides is 1. The van der Waals surface area contributed by atoms with Crippen LogP contribution in [-0.2, 0) is 11.3 Å². The van der Waals surface area contributed by atoms with Crippen LogP contribution in [0.25, 0.3) is 11.5 Å². The average Bonchev–Trinajstić information content (AvgIpc) is 3.11. The summed E-state index contributed by atoms with van der Waals surface area (Å²) in [6.07, 6.45) is 0. The number of carbonyl (C=O) groups excluding carboxylic acids is 1. The molecule has 0 bridgehead atoms. The predicted octanol–water partition coefficient (Wildman–Crippen LogP) is 4.46. The fourth-order valence-corrected chi connectivity index (χ4v) is 3.20. The number of rotatable bonds is 6. The van der Waals surface area contributed by atoms with Crippen LogP contribution in [0.2, 0.25) is 0 Å². The van der Waals surface area contributed by atoms with Gasteiger partial charge in [-0.3, -0.25) is 4.79 Å². The number of hydrogen-bond acceptors (Lipinski definition) is 5. The van der Waals surface area contributed by atoms with Crippen LogP contribution in [0.5, 0.6) is 0 Å². The van der Waals surface area contributed by atoms with Crippen LogP contribution in [0.4, 0.5) is 0 Å². The third-order valence-electron chi connectivity index (χ3n) is 4.39. The Hall–Kier alpha value is -2.60. The molecule has 0 aliphatic heterocycles. The molecule has 1 aromatic heterocycles. The van der Waals surface area contributed by atoms with Crippen molar-refractivity contribution in [3.05, 3.63) is 64.7 Å². The minimum absolute atomic E-state index is 0.0634. The Kier molecular flexibility index (Phi) is 5.96. The lowest BCUT2D eigenvalue weighted by atomic mass is 10.1. The standard InChI is InChI=1S/C21H23N3O2S/c1-13-5-8-17(9-6-13)12-22-19(25)16(4)27-21-24-23-20(26-21)18-10-7-14(2)15(3)11-18/h5-11,16H,12H2,1-4H3,(H,22,25)/t16-/m1/s1. The minimum Gasteiger partial charge on any atom is -0.411 e. The van der Waals surface area contributed by atoms with Gasteiger partial charge >= 0.3 is 0 Å². The molecular weight excluding hydrogens is 358 g/mol. The van der Waals surface area contributed by atoms with E-state index in [9.17, 15) is 4.79 Å². The molecule has 0 unspecified atom stereocenters. The highest BCUT2D eigenvalue weighted by molar-refractivity contribution is 8.00. The van der Waals surface area contributed by atoms with Gasteiger partial charge in [-0.2, -0.15) is 0 Å². The van der Waals surface area contributed by atoms with Gasteiger partial charge in [0.1, 0.15) is 0 Å². The summed E-state index contributed by atoms with van der Waals surface area (Å²) in [7, 11) is 0. The van der Waals surface area contributed by atoms with E-state index in [4.69, 9.17) is 4.42 Å². The molecule has 1 atom stereocenters. The molecule has 0 saturated heterocycles. The van der Waals surface area contributed by atoms with E-state index in [1.165, 1.54) is 28.5 Å². The largest absolute Gasteiger partial charge is 0.411 e. The zero-order valence-electron chi connectivity index (χ0n) is 15.9. The lowest BCUT2D eigenvalue weighted by molar-refractivity contribution is -0.120. The lowest BCUT2D eigenvalue weighted by Gasteiger charge is -2.10. The first-order valence-electron chi connectivity index (χ1n) is 8.83. The number of aromatic nitrogens is 2. The molecule has 2 aromatic carbocycles. The minimum atomic E-state index is -0.330. The molecule has 1 heterocycles. The topological polar surface area (TPSA) is 68.0 Å². The number of aryl methyl sites for hydroxylation is 3. The maximum atomic E-state index is 12.3. The van der Waals surface area contributed by atoms with Gasteiger partial charge in [-0.25, -0.2) is 0 Å². The molecule has 5 nitrogen and oxygen atoms in total. The van der Waals surface area contributed by atoms with Crippen LogP contribution in [0.15, 0.2) is 52.1 Å². The number of benzene rings is 2. The summed E-state index contributed by atoms with van der Waals surface area (Å²) in [6.45, 7) is 8.48. The second-order valence-electron chi connectivity index (χ2n) is 6.64. The molecule has 3 aromatic rings. The van der Waals surface area contributed by atoms with Crippen molar-refractivity contribution in [2.75, 3.05) is 0 Å². The Morgan fingerprint density at radius 1 is 1.07 bits per heavy atom. The van der Waals surface area contributed by atoms with E-state index in [0.29, 0.717) is 17.7 Å². The van der Waals surface area contributed by atoms with Crippen LogP contribution in [-0.4, -0.2) is 21.4 Å². The van der Waals surface area contributed by atoms with Crippen molar-refractivity contribution in [2.24, 2.45) is 0 Å². The molecule has 0 radical (unpaired) electrons. The number of nitrogens with zero attached hydrogens (tertiary/aromatic N) is 2.